The summed E-state index contributed by atoms with van der Waals surface area (Å²) in [4.78, 5) is 27.1. The van der Waals surface area contributed by atoms with Gasteiger partial charge in [0.15, 0.2) is 10.5 Å². The van der Waals surface area contributed by atoms with Crippen molar-refractivity contribution in [3.05, 3.63) is 63.5 Å². The average Bonchev–Trinajstić information content (AvgIpc) is 2.97. The lowest BCUT2D eigenvalue weighted by atomic mass is 10.2. The van der Waals surface area contributed by atoms with E-state index in [0.29, 0.717) is 10.9 Å². The van der Waals surface area contributed by atoms with Crippen LogP contribution >= 0.6 is 12.2 Å². The Morgan fingerprint density at radius 3 is 2.80 bits per heavy atom. The molecule has 2 aromatic heterocycles. The van der Waals surface area contributed by atoms with Gasteiger partial charge in [0.2, 0.25) is 0 Å². The molecule has 2 heterocycles. The number of para-hydroxylation sites is 1. The minimum atomic E-state index is -0.549. The van der Waals surface area contributed by atoms with E-state index in [4.69, 9.17) is 16.6 Å². The first-order valence-corrected chi connectivity index (χ1v) is 6.16. The molecule has 0 saturated heterocycles. The van der Waals surface area contributed by atoms with Gasteiger partial charge in [0.25, 0.3) is 5.56 Å². The normalized spacial score (nSPS) is 10.6. The zero-order valence-corrected chi connectivity index (χ0v) is 10.9. The third-order valence-corrected chi connectivity index (χ3v) is 3.05. The Balaban J connectivity index is 2.10. The van der Waals surface area contributed by atoms with E-state index < -0.39 is 11.5 Å². The smallest absolute Gasteiger partial charge is 0.305 e. The molecule has 0 aliphatic heterocycles. The number of benzene rings is 1. The lowest BCUT2D eigenvalue weighted by Gasteiger charge is -2.08. The number of hydrogen-bond acceptors (Lipinski definition) is 4. The number of hydrogen-bond donors (Lipinski definition) is 2. The standard InChI is InChI=1S/C13H9N3O3S/c17-11(10-6-3-7-19-10)15-16-12(18)8-4-1-2-5-9(8)14-13(16)20/h1-7H,(H,14,20)(H,15,17). The number of aromatic nitrogens is 2. The van der Waals surface area contributed by atoms with Crippen LogP contribution in [-0.2, 0) is 0 Å². The summed E-state index contributed by atoms with van der Waals surface area (Å²) in [5, 5.41) is 0.431. The van der Waals surface area contributed by atoms with Crippen LogP contribution in [0.5, 0.6) is 0 Å². The first-order valence-electron chi connectivity index (χ1n) is 5.76. The predicted molar refractivity (Wildman–Crippen MR) is 75.8 cm³/mol. The summed E-state index contributed by atoms with van der Waals surface area (Å²) >= 11 is 5.08. The number of rotatable bonds is 2. The fourth-order valence-electron chi connectivity index (χ4n) is 1.83. The number of furan rings is 1. The Morgan fingerprint density at radius 1 is 1.25 bits per heavy atom. The maximum atomic E-state index is 12.3. The molecule has 2 N–H and O–H groups in total. The Labute approximate surface area is 117 Å². The van der Waals surface area contributed by atoms with Crippen LogP contribution in [0.4, 0.5) is 0 Å². The average molecular weight is 287 g/mol. The number of nitrogens with one attached hydrogen (secondary N) is 2. The molecule has 3 rings (SSSR count). The van der Waals surface area contributed by atoms with Crippen molar-refractivity contribution < 1.29 is 9.21 Å². The maximum Gasteiger partial charge on any atom is 0.305 e. The lowest BCUT2D eigenvalue weighted by molar-refractivity contribution is 0.0980. The Morgan fingerprint density at radius 2 is 2.05 bits per heavy atom. The van der Waals surface area contributed by atoms with Crippen LogP contribution in [0, 0.1) is 4.77 Å². The largest absolute Gasteiger partial charge is 0.459 e. The van der Waals surface area contributed by atoms with E-state index >= 15 is 0 Å². The maximum absolute atomic E-state index is 12.3. The highest BCUT2D eigenvalue weighted by Crippen LogP contribution is 2.06. The minimum absolute atomic E-state index is 0.0967. The number of amides is 1. The van der Waals surface area contributed by atoms with Crippen molar-refractivity contribution in [2.75, 3.05) is 5.43 Å². The highest BCUT2D eigenvalue weighted by atomic mass is 32.1. The van der Waals surface area contributed by atoms with Crippen molar-refractivity contribution in [2.45, 2.75) is 0 Å². The van der Waals surface area contributed by atoms with Crippen molar-refractivity contribution in [2.24, 2.45) is 0 Å². The quantitative estimate of drug-likeness (QED) is 0.707. The fourth-order valence-corrected chi connectivity index (χ4v) is 2.07. The number of fused-ring (bicyclic) bond motifs is 1. The second-order valence-corrected chi connectivity index (χ2v) is 4.42. The van der Waals surface area contributed by atoms with Gasteiger partial charge in [-0.25, -0.2) is 0 Å². The highest BCUT2D eigenvalue weighted by molar-refractivity contribution is 7.71. The summed E-state index contributed by atoms with van der Waals surface area (Å²) in [6, 6.07) is 9.99. The number of aromatic amines is 1. The van der Waals surface area contributed by atoms with E-state index in [2.05, 4.69) is 10.4 Å². The highest BCUT2D eigenvalue weighted by Gasteiger charge is 2.12. The van der Waals surface area contributed by atoms with Crippen LogP contribution < -0.4 is 11.0 Å². The Bertz CT molecular complexity index is 893. The summed E-state index contributed by atoms with van der Waals surface area (Å²) in [5.41, 5.74) is 2.63. The van der Waals surface area contributed by atoms with Crippen molar-refractivity contribution in [1.82, 2.24) is 9.66 Å². The molecule has 0 atom stereocenters. The SMILES string of the molecule is O=C(Nn1c(=S)[nH]c2ccccc2c1=O)c1ccco1. The Kier molecular flexibility index (Phi) is 2.96. The van der Waals surface area contributed by atoms with Gasteiger partial charge in [-0.05, 0) is 36.5 Å². The minimum Gasteiger partial charge on any atom is -0.459 e. The van der Waals surface area contributed by atoms with Gasteiger partial charge in [-0.15, -0.1) is 0 Å². The molecule has 0 unspecified atom stereocenters. The van der Waals surface area contributed by atoms with E-state index in [1.807, 2.05) is 0 Å². The van der Waals surface area contributed by atoms with Gasteiger partial charge in [-0.1, -0.05) is 12.1 Å². The molecule has 0 fully saturated rings. The molecule has 0 saturated carbocycles. The van der Waals surface area contributed by atoms with E-state index in [0.717, 1.165) is 4.68 Å². The molecule has 0 aliphatic rings. The van der Waals surface area contributed by atoms with Crippen LogP contribution in [0.2, 0.25) is 0 Å². The zero-order valence-electron chi connectivity index (χ0n) is 10.1. The molecule has 3 aromatic rings. The second kappa shape index (κ2) is 4.78. The fraction of sp³-hybridized carbons (Fsp3) is 0. The van der Waals surface area contributed by atoms with Crippen LogP contribution in [-0.4, -0.2) is 15.6 Å². The summed E-state index contributed by atoms with van der Waals surface area (Å²) in [5.74, 6) is -0.452. The predicted octanol–water partition coefficient (Wildman–Crippen LogP) is 2.04. The van der Waals surface area contributed by atoms with Gasteiger partial charge in [-0.3, -0.25) is 15.0 Å². The lowest BCUT2D eigenvalue weighted by Crippen LogP contribution is -2.34. The molecular formula is C13H9N3O3S. The summed E-state index contributed by atoms with van der Waals surface area (Å²) in [6.45, 7) is 0. The van der Waals surface area contributed by atoms with Crippen molar-refractivity contribution in [1.29, 1.82) is 0 Å². The number of H-pyrrole nitrogens is 1. The third kappa shape index (κ3) is 2.04. The topological polar surface area (TPSA) is 80.0 Å². The molecule has 7 heteroatoms. The summed E-state index contributed by atoms with van der Waals surface area (Å²) < 4.78 is 6.06. The third-order valence-electron chi connectivity index (χ3n) is 2.76. The molecule has 100 valence electrons. The summed E-state index contributed by atoms with van der Waals surface area (Å²) in [7, 11) is 0. The van der Waals surface area contributed by atoms with Gasteiger partial charge in [-0.2, -0.15) is 4.68 Å². The molecule has 6 nitrogen and oxygen atoms in total. The van der Waals surface area contributed by atoms with Gasteiger partial charge < -0.3 is 9.40 Å². The first kappa shape index (κ1) is 12.4. The molecule has 0 bridgehead atoms. The molecule has 1 aromatic carbocycles. The van der Waals surface area contributed by atoms with Crippen molar-refractivity contribution in [3.63, 3.8) is 0 Å². The molecule has 1 amide bonds. The van der Waals surface area contributed by atoms with Crippen LogP contribution in [0.15, 0.2) is 51.9 Å². The molecule has 0 aliphatic carbocycles. The van der Waals surface area contributed by atoms with Gasteiger partial charge >= 0.3 is 5.91 Å². The van der Waals surface area contributed by atoms with E-state index in [9.17, 15) is 9.59 Å². The molecular weight excluding hydrogens is 278 g/mol. The van der Waals surface area contributed by atoms with Crippen LogP contribution in [0.1, 0.15) is 10.6 Å². The summed E-state index contributed by atoms with van der Waals surface area (Å²) in [6.07, 6.45) is 1.37. The molecule has 0 radical (unpaired) electrons. The Hall–Kier alpha value is -2.67. The van der Waals surface area contributed by atoms with Gasteiger partial charge in [0.05, 0.1) is 17.2 Å². The van der Waals surface area contributed by atoms with E-state index in [1.165, 1.54) is 12.3 Å². The van der Waals surface area contributed by atoms with Crippen LogP contribution in [0.3, 0.4) is 0 Å². The van der Waals surface area contributed by atoms with Crippen molar-refractivity contribution >= 4 is 29.0 Å². The molecule has 20 heavy (non-hydrogen) atoms. The van der Waals surface area contributed by atoms with Crippen LogP contribution in [0.25, 0.3) is 10.9 Å². The number of nitrogens with zero attached hydrogens (tertiary/aromatic N) is 1. The van der Waals surface area contributed by atoms with Crippen molar-refractivity contribution in [3.8, 4) is 0 Å². The number of carbonyl (C=O) groups is 1. The monoisotopic (exact) mass is 287 g/mol. The van der Waals surface area contributed by atoms with E-state index in [1.54, 1.807) is 30.3 Å². The second-order valence-electron chi connectivity index (χ2n) is 4.03. The van der Waals surface area contributed by atoms with Gasteiger partial charge in [0, 0.05) is 0 Å². The number of carbonyl (C=O) groups excluding carboxylic acids is 1. The van der Waals surface area contributed by atoms with Gasteiger partial charge in [0.1, 0.15) is 0 Å². The zero-order chi connectivity index (χ0) is 14.1. The molecule has 0 spiro atoms. The van der Waals surface area contributed by atoms with E-state index in [-0.39, 0.29) is 10.5 Å². The first-order chi connectivity index (χ1) is 9.66.